The number of nitro groups is 1. The molecule has 0 aliphatic rings. The first kappa shape index (κ1) is 14.9. The molecule has 0 radical (unpaired) electrons. The van der Waals surface area contributed by atoms with E-state index in [0.717, 1.165) is 17.8 Å². The number of amides is 1. The van der Waals surface area contributed by atoms with Gasteiger partial charge in [0, 0.05) is 17.0 Å². The van der Waals surface area contributed by atoms with E-state index in [1.165, 1.54) is 17.4 Å². The molecule has 0 atom stereocenters. The van der Waals surface area contributed by atoms with Crippen molar-refractivity contribution in [3.8, 4) is 5.75 Å². The molecule has 0 aliphatic heterocycles. The second-order valence-electron chi connectivity index (χ2n) is 4.65. The number of nitrogens with one attached hydrogen (secondary N) is 1. The Morgan fingerprint density at radius 3 is 2.71 bits per heavy atom. The van der Waals surface area contributed by atoms with E-state index >= 15 is 0 Å². The molecule has 0 saturated heterocycles. The standard InChI is InChI=1S/C13H13N3O4S/c1-7(2)9-6-21-13(14-9)15-12(18)8-3-4-10(16(19)20)11(17)5-8/h3-7,17H,1-2H3,(H,14,15,18). The lowest BCUT2D eigenvalue weighted by atomic mass is 10.2. The number of phenolic OH excluding ortho intramolecular Hbond substituents is 1. The highest BCUT2D eigenvalue weighted by molar-refractivity contribution is 7.14. The molecule has 1 aromatic heterocycles. The van der Waals surface area contributed by atoms with Crippen LogP contribution in [0.4, 0.5) is 10.8 Å². The highest BCUT2D eigenvalue weighted by Crippen LogP contribution is 2.27. The Morgan fingerprint density at radius 2 is 2.19 bits per heavy atom. The largest absolute Gasteiger partial charge is 0.502 e. The van der Waals surface area contributed by atoms with E-state index in [1.807, 2.05) is 19.2 Å². The van der Waals surface area contributed by atoms with Crippen LogP contribution in [0.15, 0.2) is 23.6 Å². The van der Waals surface area contributed by atoms with E-state index in [-0.39, 0.29) is 11.5 Å². The van der Waals surface area contributed by atoms with Gasteiger partial charge in [-0.15, -0.1) is 11.3 Å². The molecule has 2 aromatic rings. The van der Waals surface area contributed by atoms with E-state index in [9.17, 15) is 20.0 Å². The fourth-order valence-electron chi connectivity index (χ4n) is 1.60. The summed E-state index contributed by atoms with van der Waals surface area (Å²) in [6.45, 7) is 3.99. The first-order valence-corrected chi connectivity index (χ1v) is 7.00. The summed E-state index contributed by atoms with van der Waals surface area (Å²) in [4.78, 5) is 26.1. The van der Waals surface area contributed by atoms with Crippen molar-refractivity contribution in [1.82, 2.24) is 4.98 Å². The number of carbonyl (C=O) groups is 1. The summed E-state index contributed by atoms with van der Waals surface area (Å²) in [5.41, 5.74) is 0.559. The number of rotatable bonds is 4. The Morgan fingerprint density at radius 1 is 1.48 bits per heavy atom. The number of phenols is 1. The lowest BCUT2D eigenvalue weighted by Gasteiger charge is -2.03. The molecule has 1 aromatic carbocycles. The molecule has 8 heteroatoms. The van der Waals surface area contributed by atoms with Crippen molar-refractivity contribution in [3.63, 3.8) is 0 Å². The molecule has 110 valence electrons. The molecule has 0 saturated carbocycles. The highest BCUT2D eigenvalue weighted by atomic mass is 32.1. The van der Waals surface area contributed by atoms with Crippen molar-refractivity contribution in [2.75, 3.05) is 5.32 Å². The first-order chi connectivity index (χ1) is 9.88. The molecule has 21 heavy (non-hydrogen) atoms. The van der Waals surface area contributed by atoms with Crippen molar-refractivity contribution < 1.29 is 14.8 Å². The molecule has 0 aliphatic carbocycles. The van der Waals surface area contributed by atoms with Crippen LogP contribution in [0.25, 0.3) is 0 Å². The second-order valence-corrected chi connectivity index (χ2v) is 5.51. The Bertz CT molecular complexity index is 696. The maximum absolute atomic E-state index is 12.0. The number of benzene rings is 1. The number of anilines is 1. The molecule has 0 bridgehead atoms. The molecule has 1 amide bonds. The van der Waals surface area contributed by atoms with Crippen molar-refractivity contribution in [3.05, 3.63) is 45.0 Å². The van der Waals surface area contributed by atoms with Crippen molar-refractivity contribution >= 4 is 28.1 Å². The minimum absolute atomic E-state index is 0.124. The van der Waals surface area contributed by atoms with Crippen LogP contribution >= 0.6 is 11.3 Å². The third-order valence-corrected chi connectivity index (χ3v) is 3.54. The molecule has 0 unspecified atom stereocenters. The van der Waals surface area contributed by atoms with Crippen molar-refractivity contribution in [2.45, 2.75) is 19.8 Å². The van der Waals surface area contributed by atoms with Gasteiger partial charge in [0.25, 0.3) is 5.91 Å². The van der Waals surface area contributed by atoms with Crippen LogP contribution < -0.4 is 5.32 Å². The fraction of sp³-hybridized carbons (Fsp3) is 0.231. The number of thiazole rings is 1. The zero-order chi connectivity index (χ0) is 15.6. The van der Waals surface area contributed by atoms with Gasteiger partial charge < -0.3 is 5.11 Å². The minimum atomic E-state index is -0.716. The van der Waals surface area contributed by atoms with Crippen LogP contribution in [-0.2, 0) is 0 Å². The van der Waals surface area contributed by atoms with Gasteiger partial charge in [0.2, 0.25) is 0 Å². The molecule has 1 heterocycles. The van der Waals surface area contributed by atoms with Gasteiger partial charge in [-0.25, -0.2) is 4.98 Å². The maximum atomic E-state index is 12.0. The third kappa shape index (κ3) is 3.34. The Balaban J connectivity index is 2.16. The van der Waals surface area contributed by atoms with Crippen LogP contribution in [0, 0.1) is 10.1 Å². The summed E-state index contributed by atoms with van der Waals surface area (Å²) in [6.07, 6.45) is 0. The average Bonchev–Trinajstić information content (AvgIpc) is 2.86. The van der Waals surface area contributed by atoms with Gasteiger partial charge in [0.15, 0.2) is 10.9 Å². The van der Waals surface area contributed by atoms with Crippen LogP contribution in [0.5, 0.6) is 5.75 Å². The summed E-state index contributed by atoms with van der Waals surface area (Å²) in [6, 6.07) is 3.43. The number of aromatic hydroxyl groups is 1. The van der Waals surface area contributed by atoms with Gasteiger partial charge in [0.1, 0.15) is 0 Å². The summed E-state index contributed by atoms with van der Waals surface area (Å²) >= 11 is 1.30. The predicted octanol–water partition coefficient (Wildman–Crippen LogP) is 3.13. The van der Waals surface area contributed by atoms with Gasteiger partial charge in [-0.2, -0.15) is 0 Å². The summed E-state index contributed by atoms with van der Waals surface area (Å²) in [7, 11) is 0. The number of carbonyl (C=O) groups excluding carboxylic acids is 1. The fourth-order valence-corrected chi connectivity index (χ4v) is 2.46. The molecular weight excluding hydrogens is 294 g/mol. The summed E-state index contributed by atoms with van der Waals surface area (Å²) < 4.78 is 0. The maximum Gasteiger partial charge on any atom is 0.310 e. The van der Waals surface area contributed by atoms with Gasteiger partial charge in [-0.3, -0.25) is 20.2 Å². The van der Waals surface area contributed by atoms with Crippen LogP contribution in [0.2, 0.25) is 0 Å². The van der Waals surface area contributed by atoms with E-state index in [4.69, 9.17) is 0 Å². The van der Waals surface area contributed by atoms with Gasteiger partial charge in [0.05, 0.1) is 10.6 Å². The van der Waals surface area contributed by atoms with E-state index in [1.54, 1.807) is 0 Å². The number of aromatic nitrogens is 1. The average molecular weight is 307 g/mol. The number of nitrogens with zero attached hydrogens (tertiary/aromatic N) is 2. The van der Waals surface area contributed by atoms with E-state index in [0.29, 0.717) is 5.13 Å². The topological polar surface area (TPSA) is 105 Å². The van der Waals surface area contributed by atoms with E-state index in [2.05, 4.69) is 10.3 Å². The van der Waals surface area contributed by atoms with Gasteiger partial charge in [-0.05, 0) is 18.1 Å². The zero-order valence-electron chi connectivity index (χ0n) is 11.4. The molecular formula is C13H13N3O4S. The second kappa shape index (κ2) is 5.88. The number of hydrogen-bond donors (Lipinski definition) is 2. The van der Waals surface area contributed by atoms with Crippen LogP contribution in [0.1, 0.15) is 35.8 Å². The normalized spacial score (nSPS) is 10.6. The number of hydrogen-bond acceptors (Lipinski definition) is 6. The highest BCUT2D eigenvalue weighted by Gasteiger charge is 2.17. The first-order valence-electron chi connectivity index (χ1n) is 6.12. The van der Waals surface area contributed by atoms with Crippen LogP contribution in [-0.4, -0.2) is 20.9 Å². The monoisotopic (exact) mass is 307 g/mol. The van der Waals surface area contributed by atoms with Crippen molar-refractivity contribution in [2.24, 2.45) is 0 Å². The van der Waals surface area contributed by atoms with Crippen molar-refractivity contribution in [1.29, 1.82) is 0 Å². The molecule has 2 rings (SSSR count). The summed E-state index contributed by atoms with van der Waals surface area (Å²) in [5.74, 6) is -0.769. The smallest absolute Gasteiger partial charge is 0.310 e. The summed E-state index contributed by atoms with van der Waals surface area (Å²) in [5, 5.41) is 25.0. The molecule has 0 spiro atoms. The minimum Gasteiger partial charge on any atom is -0.502 e. The number of nitro benzene ring substituents is 1. The molecule has 2 N–H and O–H groups in total. The van der Waals surface area contributed by atoms with Gasteiger partial charge >= 0.3 is 5.69 Å². The molecule has 0 fully saturated rings. The SMILES string of the molecule is CC(C)c1csc(NC(=O)c2ccc([N+](=O)[O-])c(O)c2)n1. The van der Waals surface area contributed by atoms with Gasteiger partial charge in [-0.1, -0.05) is 13.8 Å². The third-order valence-electron chi connectivity index (χ3n) is 2.77. The molecule has 7 nitrogen and oxygen atoms in total. The van der Waals surface area contributed by atoms with E-state index < -0.39 is 22.3 Å². The lowest BCUT2D eigenvalue weighted by molar-refractivity contribution is -0.385. The Kier molecular flexibility index (Phi) is 4.18. The predicted molar refractivity (Wildman–Crippen MR) is 78.9 cm³/mol. The Labute approximate surface area is 124 Å². The Hall–Kier alpha value is -2.48. The zero-order valence-corrected chi connectivity index (χ0v) is 12.2. The van der Waals surface area contributed by atoms with Crippen LogP contribution in [0.3, 0.4) is 0 Å². The quantitative estimate of drug-likeness (QED) is 0.666. The lowest BCUT2D eigenvalue weighted by Crippen LogP contribution is -2.11.